The van der Waals surface area contributed by atoms with Crippen molar-refractivity contribution in [3.8, 4) is 0 Å². The summed E-state index contributed by atoms with van der Waals surface area (Å²) in [5.74, 6) is 0.716. The van der Waals surface area contributed by atoms with Crippen molar-refractivity contribution in [1.82, 2.24) is 4.90 Å². The molecule has 7 heteroatoms. The van der Waals surface area contributed by atoms with E-state index >= 15 is 0 Å². The Kier molecular flexibility index (Phi) is 4.18. The molecule has 116 valence electrons. The number of rotatable bonds is 2. The van der Waals surface area contributed by atoms with Crippen molar-refractivity contribution in [2.45, 2.75) is 11.6 Å². The van der Waals surface area contributed by atoms with Crippen LogP contribution in [0.25, 0.3) is 0 Å². The fraction of sp³-hybridized carbons (Fsp3) is 0.267. The van der Waals surface area contributed by atoms with Crippen LogP contribution in [-0.2, 0) is 6.18 Å². The SMILES string of the molecule is O=C(c1cccs1)N1CCSC1c1ccc(C(F)(F)F)cc1. The topological polar surface area (TPSA) is 20.3 Å². The van der Waals surface area contributed by atoms with Gasteiger partial charge in [-0.2, -0.15) is 13.2 Å². The Labute approximate surface area is 133 Å². The number of thioether (sulfide) groups is 1. The summed E-state index contributed by atoms with van der Waals surface area (Å²) >= 11 is 2.94. The minimum atomic E-state index is -4.34. The molecule has 1 atom stereocenters. The predicted molar refractivity (Wildman–Crippen MR) is 82.0 cm³/mol. The number of thiophene rings is 1. The van der Waals surface area contributed by atoms with Gasteiger partial charge in [-0.05, 0) is 29.1 Å². The summed E-state index contributed by atoms with van der Waals surface area (Å²) < 4.78 is 37.9. The van der Waals surface area contributed by atoms with Crippen molar-refractivity contribution in [2.24, 2.45) is 0 Å². The highest BCUT2D eigenvalue weighted by atomic mass is 32.2. The first-order valence-electron chi connectivity index (χ1n) is 6.60. The van der Waals surface area contributed by atoms with Crippen LogP contribution in [-0.4, -0.2) is 23.1 Å². The van der Waals surface area contributed by atoms with Crippen molar-refractivity contribution in [2.75, 3.05) is 12.3 Å². The number of halogens is 3. The van der Waals surface area contributed by atoms with Gasteiger partial charge in [0.2, 0.25) is 0 Å². The van der Waals surface area contributed by atoms with Gasteiger partial charge in [0.25, 0.3) is 5.91 Å². The van der Waals surface area contributed by atoms with Gasteiger partial charge in [0.1, 0.15) is 5.37 Å². The zero-order chi connectivity index (χ0) is 15.7. The number of alkyl halides is 3. The highest BCUT2D eigenvalue weighted by Crippen LogP contribution is 2.40. The second-order valence-electron chi connectivity index (χ2n) is 4.82. The molecule has 1 saturated heterocycles. The summed E-state index contributed by atoms with van der Waals surface area (Å²) in [7, 11) is 0. The first kappa shape index (κ1) is 15.4. The Morgan fingerprint density at radius 1 is 1.18 bits per heavy atom. The van der Waals surface area contributed by atoms with Gasteiger partial charge in [-0.15, -0.1) is 23.1 Å². The van der Waals surface area contributed by atoms with Crippen LogP contribution in [0.4, 0.5) is 13.2 Å². The van der Waals surface area contributed by atoms with E-state index in [2.05, 4.69) is 0 Å². The third-order valence-corrected chi connectivity index (χ3v) is 5.53. The molecule has 0 N–H and O–H groups in total. The minimum absolute atomic E-state index is 0.0649. The zero-order valence-electron chi connectivity index (χ0n) is 11.3. The van der Waals surface area contributed by atoms with E-state index in [1.807, 2.05) is 11.4 Å². The van der Waals surface area contributed by atoms with E-state index in [4.69, 9.17) is 0 Å². The van der Waals surface area contributed by atoms with Crippen molar-refractivity contribution in [3.05, 3.63) is 57.8 Å². The van der Waals surface area contributed by atoms with Gasteiger partial charge in [-0.25, -0.2) is 0 Å². The first-order valence-corrected chi connectivity index (χ1v) is 8.53. The summed E-state index contributed by atoms with van der Waals surface area (Å²) in [5, 5.41) is 1.61. The molecule has 0 radical (unpaired) electrons. The Morgan fingerprint density at radius 3 is 2.50 bits per heavy atom. The summed E-state index contributed by atoms with van der Waals surface area (Å²) in [6.07, 6.45) is -4.34. The molecule has 1 aromatic carbocycles. The number of nitrogens with zero attached hydrogens (tertiary/aromatic N) is 1. The van der Waals surface area contributed by atoms with Gasteiger partial charge in [0.05, 0.1) is 10.4 Å². The highest BCUT2D eigenvalue weighted by molar-refractivity contribution is 7.99. The summed E-state index contributed by atoms with van der Waals surface area (Å²) in [6, 6.07) is 8.64. The maximum absolute atomic E-state index is 12.6. The molecule has 1 aromatic heterocycles. The lowest BCUT2D eigenvalue weighted by molar-refractivity contribution is -0.137. The van der Waals surface area contributed by atoms with Gasteiger partial charge >= 0.3 is 6.18 Å². The molecule has 2 nitrogen and oxygen atoms in total. The molecule has 3 rings (SSSR count). The van der Waals surface area contributed by atoms with Crippen LogP contribution in [0.1, 0.15) is 26.2 Å². The van der Waals surface area contributed by atoms with E-state index in [9.17, 15) is 18.0 Å². The van der Waals surface area contributed by atoms with Gasteiger partial charge in [-0.3, -0.25) is 4.79 Å². The Bertz CT molecular complexity index is 652. The number of amides is 1. The molecule has 0 aliphatic carbocycles. The number of hydrogen-bond donors (Lipinski definition) is 0. The Hall–Kier alpha value is -1.47. The molecule has 0 spiro atoms. The van der Waals surface area contributed by atoms with Gasteiger partial charge in [0.15, 0.2) is 0 Å². The van der Waals surface area contributed by atoms with Gasteiger partial charge < -0.3 is 4.90 Å². The highest BCUT2D eigenvalue weighted by Gasteiger charge is 2.33. The van der Waals surface area contributed by atoms with Crippen LogP contribution in [0, 0.1) is 0 Å². The van der Waals surface area contributed by atoms with E-state index in [0.717, 1.165) is 23.4 Å². The monoisotopic (exact) mass is 343 g/mol. The maximum Gasteiger partial charge on any atom is 0.416 e. The minimum Gasteiger partial charge on any atom is -0.321 e. The van der Waals surface area contributed by atoms with Crippen LogP contribution in [0.5, 0.6) is 0 Å². The molecule has 0 saturated carbocycles. The van der Waals surface area contributed by atoms with Crippen LogP contribution in [0.2, 0.25) is 0 Å². The molecule has 22 heavy (non-hydrogen) atoms. The van der Waals surface area contributed by atoms with Crippen molar-refractivity contribution >= 4 is 29.0 Å². The molecule has 1 aliphatic rings. The van der Waals surface area contributed by atoms with Crippen LogP contribution in [0.3, 0.4) is 0 Å². The first-order chi connectivity index (χ1) is 10.5. The van der Waals surface area contributed by atoms with Gasteiger partial charge in [-0.1, -0.05) is 18.2 Å². The van der Waals surface area contributed by atoms with E-state index in [-0.39, 0.29) is 11.3 Å². The third-order valence-electron chi connectivity index (χ3n) is 3.41. The number of hydrogen-bond acceptors (Lipinski definition) is 3. The lowest BCUT2D eigenvalue weighted by atomic mass is 10.1. The average Bonchev–Trinajstić information content (AvgIpc) is 3.17. The number of carbonyl (C=O) groups excluding carboxylic acids is 1. The van der Waals surface area contributed by atoms with Crippen LogP contribution < -0.4 is 0 Å². The molecular formula is C15H12F3NOS2. The van der Waals surface area contributed by atoms with Crippen LogP contribution >= 0.6 is 23.1 Å². The average molecular weight is 343 g/mol. The molecule has 1 fully saturated rings. The second-order valence-corrected chi connectivity index (χ2v) is 6.95. The molecule has 2 heterocycles. The molecule has 0 bridgehead atoms. The van der Waals surface area contributed by atoms with E-state index in [0.29, 0.717) is 11.4 Å². The lowest BCUT2D eigenvalue weighted by Crippen LogP contribution is -2.29. The fourth-order valence-corrected chi connectivity index (χ4v) is 4.27. The van der Waals surface area contributed by atoms with E-state index < -0.39 is 11.7 Å². The second kappa shape index (κ2) is 5.96. The zero-order valence-corrected chi connectivity index (χ0v) is 13.0. The third kappa shape index (κ3) is 3.01. The summed E-state index contributed by atoms with van der Waals surface area (Å²) in [4.78, 5) is 14.8. The van der Waals surface area contributed by atoms with Crippen molar-refractivity contribution in [3.63, 3.8) is 0 Å². The smallest absolute Gasteiger partial charge is 0.321 e. The lowest BCUT2D eigenvalue weighted by Gasteiger charge is -2.24. The summed E-state index contributed by atoms with van der Waals surface area (Å²) in [5.41, 5.74) is 0.0517. The molecule has 1 amide bonds. The molecule has 1 aliphatic heterocycles. The largest absolute Gasteiger partial charge is 0.416 e. The van der Waals surface area contributed by atoms with Gasteiger partial charge in [0, 0.05) is 12.3 Å². The molecule has 2 aromatic rings. The predicted octanol–water partition coefficient (Wildman–Crippen LogP) is 4.65. The maximum atomic E-state index is 12.6. The Balaban J connectivity index is 1.83. The quantitative estimate of drug-likeness (QED) is 0.791. The summed E-state index contributed by atoms with van der Waals surface area (Å²) in [6.45, 7) is 0.604. The van der Waals surface area contributed by atoms with Crippen molar-refractivity contribution < 1.29 is 18.0 Å². The standard InChI is InChI=1S/C15H12F3NOS2/c16-15(17,18)11-5-3-10(4-6-11)14-19(7-9-22-14)13(20)12-2-1-8-21-12/h1-6,8,14H,7,9H2. The number of carbonyl (C=O) groups is 1. The fourth-order valence-electron chi connectivity index (χ4n) is 2.33. The van der Waals surface area contributed by atoms with E-state index in [1.165, 1.54) is 23.5 Å². The molecule has 1 unspecified atom stereocenters. The number of benzene rings is 1. The van der Waals surface area contributed by atoms with Crippen molar-refractivity contribution in [1.29, 1.82) is 0 Å². The van der Waals surface area contributed by atoms with Crippen LogP contribution in [0.15, 0.2) is 41.8 Å². The molecular weight excluding hydrogens is 331 g/mol. The normalized spacial score (nSPS) is 18.7. The Morgan fingerprint density at radius 2 is 1.91 bits per heavy atom. The van der Waals surface area contributed by atoms with E-state index in [1.54, 1.807) is 22.7 Å².